The van der Waals surface area contributed by atoms with Crippen LogP contribution in [0, 0.1) is 23.6 Å². The maximum Gasteiger partial charge on any atom is 0.243 e. The molecule has 3 aliphatic rings. The number of nitrogens with one attached hydrogen (secondary N) is 1. The van der Waals surface area contributed by atoms with Crippen molar-refractivity contribution in [2.24, 2.45) is 22.9 Å². The molecule has 6 rings (SSSR count). The second-order valence-electron chi connectivity index (χ2n) is 17.1. The van der Waals surface area contributed by atoms with Crippen LogP contribution >= 0.6 is 0 Å². The van der Waals surface area contributed by atoms with Crippen molar-refractivity contribution in [1.82, 2.24) is 4.31 Å². The van der Waals surface area contributed by atoms with Gasteiger partial charge in [0.15, 0.2) is 0 Å². The molecule has 61 heavy (non-hydrogen) atoms. The Bertz CT molecular complexity index is 2190. The van der Waals surface area contributed by atoms with E-state index in [1.807, 2.05) is 32.9 Å². The molecule has 12 nitrogen and oxygen atoms in total. The number of likely N-dealkylation sites (N-methyl/N-ethyl adjacent to an activating group) is 1. The third-order valence-electron chi connectivity index (χ3n) is 11.7. The van der Waals surface area contributed by atoms with Crippen LogP contribution < -0.4 is 14.8 Å². The summed E-state index contributed by atoms with van der Waals surface area (Å²) in [6.45, 7) is 11.2. The van der Waals surface area contributed by atoms with Crippen molar-refractivity contribution >= 4 is 27.3 Å². The third kappa shape index (κ3) is 10.2. The Morgan fingerprint density at radius 2 is 1.75 bits per heavy atom. The van der Waals surface area contributed by atoms with Crippen molar-refractivity contribution in [3.63, 3.8) is 0 Å². The van der Waals surface area contributed by atoms with Gasteiger partial charge in [-0.3, -0.25) is 4.79 Å². The van der Waals surface area contributed by atoms with Gasteiger partial charge >= 0.3 is 0 Å². The zero-order chi connectivity index (χ0) is 44.0. The first-order chi connectivity index (χ1) is 29.1. The molecular weight excluding hydrogens is 802 g/mol. The molecule has 1 heterocycles. The second-order valence-corrected chi connectivity index (χ2v) is 19.1. The first-order valence-electron chi connectivity index (χ1n) is 21.1. The molecule has 330 valence electrons. The highest BCUT2D eigenvalue weighted by Gasteiger charge is 2.65. The molecule has 14 heteroatoms. The third-order valence-corrected chi connectivity index (χ3v) is 13.6. The fraction of sp³-hybridized carbons (Fsp3) is 0.489. The molecule has 0 saturated heterocycles. The molecule has 6 atom stereocenters. The summed E-state index contributed by atoms with van der Waals surface area (Å²) in [6, 6.07) is 17.0. The number of amides is 1. The quantitative estimate of drug-likeness (QED) is 0.0616. The summed E-state index contributed by atoms with van der Waals surface area (Å²) >= 11 is 0. The number of carbonyl (C=O) groups is 1. The van der Waals surface area contributed by atoms with Crippen molar-refractivity contribution in [1.29, 1.82) is 0 Å². The predicted molar refractivity (Wildman–Crippen MR) is 232 cm³/mol. The van der Waals surface area contributed by atoms with Crippen LogP contribution in [-0.4, -0.2) is 78.9 Å². The van der Waals surface area contributed by atoms with Crippen LogP contribution in [0.1, 0.15) is 89.7 Å². The van der Waals surface area contributed by atoms with Crippen molar-refractivity contribution in [3.05, 3.63) is 108 Å². The first-order valence-corrected chi connectivity index (χ1v) is 22.6. The Balaban J connectivity index is 1.57. The number of unbranched alkanes of at least 4 members (excludes halogenated alkanes) is 2. The Morgan fingerprint density at radius 1 is 1.05 bits per heavy atom. The van der Waals surface area contributed by atoms with E-state index in [2.05, 4.69) is 18.0 Å². The highest BCUT2D eigenvalue weighted by molar-refractivity contribution is 7.89. The highest BCUT2D eigenvalue weighted by atomic mass is 32.2. The molecule has 0 unspecified atom stereocenters. The number of oxime groups is 1. The lowest BCUT2D eigenvalue weighted by Gasteiger charge is -2.59. The standard InChI is InChI=1S/C47H60FN3O9S/c1-7-26-58-47-43(51(6)61(55,56)36-21-18-34(19-22-36)49-31(2)54)29-41(50-60-46(3,4)5)38-27-32(14-10-12-24-52)37(16-11-13-25-53)44(45(38)47)39-28-35(20-23-42(39)59-47)57-30-33-15-8-9-17-40(33)48/h7-9,15,17-23,27-28,32,37,43-45,52-53H,1,10-14,16,24-26,29-30H2,2-6H3,(H,49,54)/t32-,37+,43-,44+,45+,47+/m0/s1. The van der Waals surface area contributed by atoms with Crippen molar-refractivity contribution in [2.45, 2.75) is 107 Å². The number of fused-ring (bicyclic) bond motifs is 2. The Morgan fingerprint density at radius 3 is 2.41 bits per heavy atom. The number of anilines is 1. The van der Waals surface area contributed by atoms with Crippen LogP contribution in [-0.2, 0) is 31.0 Å². The molecule has 0 spiro atoms. The summed E-state index contributed by atoms with van der Waals surface area (Å²) < 4.78 is 66.0. The average Bonchev–Trinajstić information content (AvgIpc) is 3.22. The van der Waals surface area contributed by atoms with E-state index in [1.54, 1.807) is 42.5 Å². The number of nitrogens with zero attached hydrogens (tertiary/aromatic N) is 2. The molecule has 0 aromatic heterocycles. The molecule has 1 aliphatic heterocycles. The van der Waals surface area contributed by atoms with Gasteiger partial charge in [0.25, 0.3) is 0 Å². The fourth-order valence-corrected chi connectivity index (χ4v) is 10.4. The first kappa shape index (κ1) is 45.9. The zero-order valence-electron chi connectivity index (χ0n) is 35.8. The molecule has 3 aromatic rings. The molecule has 0 radical (unpaired) electrons. The topological polar surface area (TPSA) is 156 Å². The smallest absolute Gasteiger partial charge is 0.243 e. The van der Waals surface area contributed by atoms with E-state index in [1.165, 1.54) is 36.5 Å². The number of rotatable bonds is 19. The van der Waals surface area contributed by atoms with E-state index >= 15 is 0 Å². The molecule has 1 saturated carbocycles. The molecule has 3 aromatic carbocycles. The van der Waals surface area contributed by atoms with E-state index in [0.717, 1.165) is 36.8 Å². The number of hydrogen-bond acceptors (Lipinski definition) is 10. The monoisotopic (exact) mass is 861 g/mol. The van der Waals surface area contributed by atoms with Crippen LogP contribution in [0.5, 0.6) is 11.5 Å². The van der Waals surface area contributed by atoms with Gasteiger partial charge in [-0.15, -0.1) is 6.58 Å². The largest absolute Gasteiger partial charge is 0.489 e. The maximum atomic E-state index is 14.8. The number of ether oxygens (including phenoxy) is 3. The van der Waals surface area contributed by atoms with Gasteiger partial charge in [-0.25, -0.2) is 12.8 Å². The number of aliphatic hydroxyl groups excluding tert-OH is 2. The van der Waals surface area contributed by atoms with Gasteiger partial charge in [-0.1, -0.05) is 48.3 Å². The number of hydrogen-bond donors (Lipinski definition) is 3. The van der Waals surface area contributed by atoms with E-state index in [9.17, 15) is 27.8 Å². The number of allylic oxidation sites excluding steroid dienone is 1. The zero-order valence-corrected chi connectivity index (χ0v) is 36.6. The van der Waals surface area contributed by atoms with E-state index in [0.29, 0.717) is 41.3 Å². The number of halogens is 1. The number of sulfonamides is 1. The molecule has 1 amide bonds. The fourth-order valence-electron chi connectivity index (χ4n) is 9.01. The summed E-state index contributed by atoms with van der Waals surface area (Å²) in [4.78, 5) is 17.9. The van der Waals surface area contributed by atoms with Gasteiger partial charge in [-0.2, -0.15) is 4.31 Å². The number of aliphatic hydroxyl groups is 2. The van der Waals surface area contributed by atoms with Gasteiger partial charge in [0.05, 0.1) is 29.2 Å². The Kier molecular flexibility index (Phi) is 14.8. The van der Waals surface area contributed by atoms with Gasteiger partial charge in [-0.05, 0) is 112 Å². The SMILES string of the molecule is C=CCO[C@@]12Oc3ccc(OCc4ccccc4F)cc3[C@H]3[C@H](CCCCO)[C@@H](CCCCO)C=C(C(=NOC(C)(C)C)C[C@@H]1N(C)S(=O)(=O)c1ccc(NC(C)=O)cc1)[C@H]32. The van der Waals surface area contributed by atoms with Gasteiger partial charge in [0.1, 0.15) is 29.5 Å². The van der Waals surface area contributed by atoms with Gasteiger partial charge in [0.2, 0.25) is 21.7 Å². The molecule has 2 aliphatic carbocycles. The summed E-state index contributed by atoms with van der Waals surface area (Å²) in [7, 11) is -2.73. The van der Waals surface area contributed by atoms with Crippen molar-refractivity contribution < 1.29 is 46.9 Å². The number of benzene rings is 3. The maximum absolute atomic E-state index is 14.8. The van der Waals surface area contributed by atoms with Gasteiger partial charge < -0.3 is 34.6 Å². The molecule has 1 fully saturated rings. The lowest BCUT2D eigenvalue weighted by Crippen LogP contribution is -2.69. The van der Waals surface area contributed by atoms with E-state index < -0.39 is 33.4 Å². The summed E-state index contributed by atoms with van der Waals surface area (Å²) in [5, 5.41) is 27.3. The van der Waals surface area contributed by atoms with Crippen LogP contribution in [0.3, 0.4) is 0 Å². The predicted octanol–water partition coefficient (Wildman–Crippen LogP) is 8.12. The van der Waals surface area contributed by atoms with Crippen molar-refractivity contribution in [2.75, 3.05) is 32.2 Å². The Labute approximate surface area is 359 Å². The second kappa shape index (κ2) is 19.6. The highest BCUT2D eigenvalue weighted by Crippen LogP contribution is 2.62. The minimum Gasteiger partial charge on any atom is -0.489 e. The summed E-state index contributed by atoms with van der Waals surface area (Å²) in [6.07, 6.45) is 8.11. The molecular formula is C47H60FN3O9S. The van der Waals surface area contributed by atoms with E-state index in [-0.39, 0.29) is 67.2 Å². The molecule has 0 bridgehead atoms. The average molecular weight is 862 g/mol. The van der Waals surface area contributed by atoms with Crippen LogP contribution in [0.4, 0.5) is 10.1 Å². The number of carbonyl (C=O) groups excluding carboxylic acids is 1. The van der Waals surface area contributed by atoms with Crippen molar-refractivity contribution in [3.8, 4) is 11.5 Å². The lowest BCUT2D eigenvalue weighted by atomic mass is 9.55. The van der Waals surface area contributed by atoms with E-state index in [4.69, 9.17) is 24.2 Å². The van der Waals surface area contributed by atoms with Crippen LogP contribution in [0.2, 0.25) is 0 Å². The Hall–Kier alpha value is -4.60. The van der Waals surface area contributed by atoms with Crippen LogP contribution in [0.25, 0.3) is 0 Å². The minimum absolute atomic E-state index is 0.000861. The minimum atomic E-state index is -4.25. The molecule has 3 N–H and O–H groups in total. The van der Waals surface area contributed by atoms with Crippen LogP contribution in [0.15, 0.2) is 101 Å². The summed E-state index contributed by atoms with van der Waals surface area (Å²) in [5.74, 6) is -2.30. The normalized spacial score (nSPS) is 24.0. The summed E-state index contributed by atoms with van der Waals surface area (Å²) in [5.41, 5.74) is 2.41. The lowest BCUT2D eigenvalue weighted by molar-refractivity contribution is -0.250. The van der Waals surface area contributed by atoms with Gasteiger partial charge in [0, 0.05) is 56.3 Å².